The first kappa shape index (κ1) is 15.6. The van der Waals surface area contributed by atoms with E-state index in [-0.39, 0.29) is 12.4 Å². The second-order valence-electron chi connectivity index (χ2n) is 3.24. The Morgan fingerprint density at radius 3 is 2.67 bits per heavy atom. The summed E-state index contributed by atoms with van der Waals surface area (Å²) in [5.41, 5.74) is 0.830. The van der Waals surface area contributed by atoms with E-state index < -0.39 is 5.82 Å². The summed E-state index contributed by atoms with van der Waals surface area (Å²) in [5, 5.41) is 0.616. The molecular formula is C13H9BrClFOZn. The van der Waals surface area contributed by atoms with Crippen molar-refractivity contribution >= 4 is 25.2 Å². The minimum atomic E-state index is -0.422. The molecule has 0 amide bonds. The van der Waals surface area contributed by atoms with Crippen LogP contribution in [0.3, 0.4) is 0 Å². The summed E-state index contributed by atoms with van der Waals surface area (Å²) >= 11 is 10.2. The average Bonchev–Trinajstić information content (AvgIpc) is 2.42. The predicted octanol–water partition coefficient (Wildman–Crippen LogP) is 4.70. The van der Waals surface area contributed by atoms with Gasteiger partial charge < -0.3 is 4.74 Å². The van der Waals surface area contributed by atoms with Crippen molar-refractivity contribution < 1.29 is 25.5 Å². The van der Waals surface area contributed by atoms with E-state index in [9.17, 15) is 4.39 Å². The third-order valence-electron chi connectivity index (χ3n) is 2.12. The number of ether oxygens (including phenoxy) is 1. The van der Waals surface area contributed by atoms with Gasteiger partial charge in [0.05, 0.1) is 0 Å². The van der Waals surface area contributed by atoms with Gasteiger partial charge in [-0.25, -0.2) is 0 Å². The van der Waals surface area contributed by atoms with Gasteiger partial charge in [0.25, 0.3) is 0 Å². The van der Waals surface area contributed by atoms with Gasteiger partial charge in [-0.2, -0.15) is 12.1 Å². The van der Waals surface area contributed by atoms with E-state index in [0.29, 0.717) is 5.02 Å². The molecule has 2 rings (SSSR count). The Bertz CT molecular complexity index is 450. The monoisotopic (exact) mass is 378 g/mol. The van der Waals surface area contributed by atoms with Gasteiger partial charge in [0.15, 0.2) is 0 Å². The maximum atomic E-state index is 13.2. The molecule has 0 fully saturated rings. The fraction of sp³-hybridized carbons (Fsp3) is 0.0769. The van der Waals surface area contributed by atoms with Crippen LogP contribution >= 0.6 is 25.2 Å². The SMILES string of the molecule is Fc1c[c-]ccc1OCc1ccccc1Cl.[Zn+][Br]. The molecule has 0 atom stereocenters. The van der Waals surface area contributed by atoms with Gasteiger partial charge in [-0.15, -0.1) is 12.1 Å². The van der Waals surface area contributed by atoms with E-state index in [2.05, 4.69) is 19.7 Å². The molecule has 1 nitrogen and oxygen atoms in total. The van der Waals surface area contributed by atoms with Crippen LogP contribution in [-0.4, -0.2) is 0 Å². The zero-order valence-electron chi connectivity index (χ0n) is 9.50. The van der Waals surface area contributed by atoms with Crippen molar-refractivity contribution in [3.05, 3.63) is 64.9 Å². The first-order chi connectivity index (χ1) is 8.77. The molecule has 0 spiro atoms. The van der Waals surface area contributed by atoms with E-state index >= 15 is 0 Å². The maximum absolute atomic E-state index is 13.2. The van der Waals surface area contributed by atoms with Gasteiger partial charge in [-0.05, 0) is 6.07 Å². The van der Waals surface area contributed by atoms with Crippen LogP contribution in [0.1, 0.15) is 5.56 Å². The summed E-state index contributed by atoms with van der Waals surface area (Å²) in [7, 11) is 0. The van der Waals surface area contributed by atoms with Gasteiger partial charge in [0, 0.05) is 22.2 Å². The number of hydrogen-bond acceptors (Lipinski definition) is 1. The second kappa shape index (κ2) is 8.63. The van der Waals surface area contributed by atoms with E-state index in [0.717, 1.165) is 5.56 Å². The molecule has 0 aliphatic rings. The average molecular weight is 381 g/mol. The van der Waals surface area contributed by atoms with Crippen molar-refractivity contribution in [2.75, 3.05) is 0 Å². The summed E-state index contributed by atoms with van der Waals surface area (Å²) < 4.78 is 18.5. The van der Waals surface area contributed by atoms with Crippen molar-refractivity contribution in [2.45, 2.75) is 6.61 Å². The standard InChI is InChI=1S/C13H9ClFO.BrH.Zn/c14-11-6-2-1-5-10(11)9-16-13-8-4-3-7-12(13)15;;/h1-2,4-8H,9H2;1H;/q-1;;+2/p-1. The molecule has 0 aromatic heterocycles. The van der Waals surface area contributed by atoms with Crippen molar-refractivity contribution in [3.8, 4) is 5.75 Å². The normalized spacial score (nSPS) is 9.39. The molecule has 18 heavy (non-hydrogen) atoms. The van der Waals surface area contributed by atoms with E-state index in [1.54, 1.807) is 12.1 Å². The molecule has 0 N–H and O–H groups in total. The zero-order valence-corrected chi connectivity index (χ0v) is 14.8. The van der Waals surface area contributed by atoms with Crippen molar-refractivity contribution in [1.29, 1.82) is 0 Å². The Labute approximate surface area is 127 Å². The third-order valence-corrected chi connectivity index (χ3v) is 2.49. The number of halogens is 3. The zero-order chi connectivity index (χ0) is 13.4. The summed E-state index contributed by atoms with van der Waals surface area (Å²) in [4.78, 5) is 0. The van der Waals surface area contributed by atoms with Crippen molar-refractivity contribution in [1.82, 2.24) is 0 Å². The molecule has 0 bridgehead atoms. The Balaban J connectivity index is 0.000000771. The fourth-order valence-corrected chi connectivity index (χ4v) is 1.47. The van der Waals surface area contributed by atoms with Crippen LogP contribution in [0, 0.1) is 11.9 Å². The third kappa shape index (κ3) is 4.68. The van der Waals surface area contributed by atoms with Gasteiger partial charge >= 0.3 is 30.0 Å². The predicted molar refractivity (Wildman–Crippen MR) is 69.9 cm³/mol. The van der Waals surface area contributed by atoms with Crippen LogP contribution in [0.4, 0.5) is 4.39 Å². The molecule has 0 saturated carbocycles. The molecule has 2 aromatic rings. The molecule has 0 unspecified atom stereocenters. The topological polar surface area (TPSA) is 9.23 Å². The van der Waals surface area contributed by atoms with Crippen LogP contribution in [0.15, 0.2) is 42.5 Å². The summed E-state index contributed by atoms with van der Waals surface area (Å²) in [6.07, 6.45) is 0. The summed E-state index contributed by atoms with van der Waals surface area (Å²) in [5.74, 6) is -0.215. The molecule has 5 heteroatoms. The molecule has 0 heterocycles. The van der Waals surface area contributed by atoms with E-state index in [1.165, 1.54) is 28.5 Å². The molecule has 90 valence electrons. The quantitative estimate of drug-likeness (QED) is 0.554. The number of hydrogen-bond donors (Lipinski definition) is 0. The Hall–Kier alpha value is -0.437. The molecule has 0 saturated heterocycles. The van der Waals surface area contributed by atoms with Crippen LogP contribution in [0.2, 0.25) is 5.02 Å². The van der Waals surface area contributed by atoms with Crippen LogP contribution < -0.4 is 4.74 Å². The Kier molecular flexibility index (Phi) is 7.49. The van der Waals surface area contributed by atoms with Crippen LogP contribution in [0.25, 0.3) is 0 Å². The fourth-order valence-electron chi connectivity index (χ4n) is 1.28. The molecule has 0 radical (unpaired) electrons. The van der Waals surface area contributed by atoms with Gasteiger partial charge in [-0.1, -0.05) is 29.8 Å². The molecule has 2 aromatic carbocycles. The van der Waals surface area contributed by atoms with Gasteiger partial charge in [-0.3, -0.25) is 4.39 Å². The summed E-state index contributed by atoms with van der Waals surface area (Å²) in [6.45, 7) is 0.251. The Morgan fingerprint density at radius 1 is 1.28 bits per heavy atom. The van der Waals surface area contributed by atoms with Gasteiger partial charge in [0.2, 0.25) is 0 Å². The number of benzene rings is 2. The molecule has 0 aliphatic heterocycles. The second-order valence-corrected chi connectivity index (χ2v) is 3.64. The molecule has 0 aliphatic carbocycles. The van der Waals surface area contributed by atoms with Crippen molar-refractivity contribution in [2.24, 2.45) is 0 Å². The first-order valence-corrected chi connectivity index (χ1v) is 12.4. The minimum absolute atomic E-state index is 0.207. The van der Waals surface area contributed by atoms with Crippen LogP contribution in [-0.2, 0) is 22.9 Å². The van der Waals surface area contributed by atoms with E-state index in [4.69, 9.17) is 16.3 Å². The van der Waals surface area contributed by atoms with E-state index in [1.807, 2.05) is 18.2 Å². The van der Waals surface area contributed by atoms with Gasteiger partial charge in [0.1, 0.15) is 6.61 Å². The first-order valence-electron chi connectivity index (χ1n) is 5.06. The van der Waals surface area contributed by atoms with Crippen LogP contribution in [0.5, 0.6) is 5.75 Å². The summed E-state index contributed by atoms with van der Waals surface area (Å²) in [6, 6.07) is 14.3. The Morgan fingerprint density at radius 2 is 2.00 bits per heavy atom. The molecular weight excluding hydrogens is 372 g/mol. The number of rotatable bonds is 3. The van der Waals surface area contributed by atoms with Crippen molar-refractivity contribution in [3.63, 3.8) is 0 Å².